The molecule has 1 aliphatic heterocycles. The Balaban J connectivity index is 1.33. The fourth-order valence-corrected chi connectivity index (χ4v) is 4.21. The number of aromatic amines is 1. The van der Waals surface area contributed by atoms with Crippen LogP contribution in [0.4, 0.5) is 0 Å². The highest BCUT2D eigenvalue weighted by molar-refractivity contribution is 5.95. The number of piperidine rings is 1. The van der Waals surface area contributed by atoms with Crippen LogP contribution in [0.3, 0.4) is 0 Å². The van der Waals surface area contributed by atoms with Crippen molar-refractivity contribution in [1.82, 2.24) is 30.0 Å². The number of nitrogens with zero attached hydrogens (tertiary/aromatic N) is 4. The second-order valence-electron chi connectivity index (χ2n) is 8.12. The Kier molecular flexibility index (Phi) is 6.66. The highest BCUT2D eigenvalue weighted by Crippen LogP contribution is 2.24. The molecular formula is C23H30N6O2. The van der Waals surface area contributed by atoms with Gasteiger partial charge in [0.1, 0.15) is 11.6 Å². The van der Waals surface area contributed by atoms with Gasteiger partial charge in [0.15, 0.2) is 0 Å². The van der Waals surface area contributed by atoms with Crippen LogP contribution in [0.1, 0.15) is 40.3 Å². The van der Waals surface area contributed by atoms with E-state index >= 15 is 0 Å². The number of hydrogen-bond donors (Lipinski definition) is 2. The Hall–Kier alpha value is -3.13. The highest BCUT2D eigenvalue weighted by Gasteiger charge is 2.24. The number of para-hydroxylation sites is 1. The number of imidazole rings is 1. The molecule has 8 nitrogen and oxygen atoms in total. The molecule has 1 aromatic carbocycles. The summed E-state index contributed by atoms with van der Waals surface area (Å²) in [6.07, 6.45) is 8.50. The fourth-order valence-electron chi connectivity index (χ4n) is 4.21. The van der Waals surface area contributed by atoms with E-state index < -0.39 is 0 Å². The minimum atomic E-state index is -0.0933. The Morgan fingerprint density at radius 1 is 1.29 bits per heavy atom. The average molecular weight is 423 g/mol. The summed E-state index contributed by atoms with van der Waals surface area (Å²) < 4.78 is 7.11. The molecular weight excluding hydrogens is 392 g/mol. The van der Waals surface area contributed by atoms with Crippen molar-refractivity contribution in [3.05, 3.63) is 65.5 Å². The van der Waals surface area contributed by atoms with Crippen LogP contribution in [0, 0.1) is 5.92 Å². The van der Waals surface area contributed by atoms with E-state index in [-0.39, 0.29) is 5.91 Å². The summed E-state index contributed by atoms with van der Waals surface area (Å²) in [6, 6.07) is 7.72. The smallest absolute Gasteiger partial charge is 0.255 e. The van der Waals surface area contributed by atoms with E-state index in [0.29, 0.717) is 18.0 Å². The van der Waals surface area contributed by atoms with Gasteiger partial charge < -0.3 is 15.0 Å². The predicted molar refractivity (Wildman–Crippen MR) is 118 cm³/mol. The van der Waals surface area contributed by atoms with Crippen molar-refractivity contribution < 1.29 is 9.53 Å². The summed E-state index contributed by atoms with van der Waals surface area (Å²) >= 11 is 0. The number of amides is 1. The SMILES string of the molecule is COc1ccccc1CNC(=O)c1cn(C)nc1CC1CCN(Cc2ncc[nH]2)CC1. The van der Waals surface area contributed by atoms with Crippen LogP contribution in [0.15, 0.2) is 42.9 Å². The second-order valence-corrected chi connectivity index (χ2v) is 8.12. The van der Waals surface area contributed by atoms with Crippen molar-refractivity contribution in [3.63, 3.8) is 0 Å². The lowest BCUT2D eigenvalue weighted by Crippen LogP contribution is -2.34. The summed E-state index contributed by atoms with van der Waals surface area (Å²) in [7, 11) is 3.51. The highest BCUT2D eigenvalue weighted by atomic mass is 16.5. The average Bonchev–Trinajstić information content (AvgIpc) is 3.43. The van der Waals surface area contributed by atoms with Gasteiger partial charge >= 0.3 is 0 Å². The third kappa shape index (κ3) is 5.32. The number of carbonyl (C=O) groups excluding carboxylic acids is 1. The molecule has 0 spiro atoms. The van der Waals surface area contributed by atoms with Crippen molar-refractivity contribution in [2.75, 3.05) is 20.2 Å². The quantitative estimate of drug-likeness (QED) is 0.582. The number of methoxy groups -OCH3 is 1. The molecule has 3 heterocycles. The van der Waals surface area contributed by atoms with E-state index in [0.717, 1.165) is 61.7 Å². The number of carbonyl (C=O) groups is 1. The lowest BCUT2D eigenvalue weighted by atomic mass is 9.91. The normalized spacial score (nSPS) is 15.2. The van der Waals surface area contributed by atoms with Crippen LogP contribution in [0.5, 0.6) is 5.75 Å². The van der Waals surface area contributed by atoms with Gasteiger partial charge in [-0.25, -0.2) is 4.98 Å². The van der Waals surface area contributed by atoms with Crippen molar-refractivity contribution in [2.45, 2.75) is 32.4 Å². The van der Waals surface area contributed by atoms with Crippen molar-refractivity contribution in [2.24, 2.45) is 13.0 Å². The van der Waals surface area contributed by atoms with Gasteiger partial charge in [-0.1, -0.05) is 18.2 Å². The zero-order valence-electron chi connectivity index (χ0n) is 18.2. The largest absolute Gasteiger partial charge is 0.496 e. The molecule has 0 atom stereocenters. The van der Waals surface area contributed by atoms with Gasteiger partial charge in [-0.15, -0.1) is 0 Å². The maximum absolute atomic E-state index is 12.9. The third-order valence-electron chi connectivity index (χ3n) is 5.90. The van der Waals surface area contributed by atoms with Crippen LogP contribution in [-0.2, 0) is 26.6 Å². The monoisotopic (exact) mass is 422 g/mol. The second kappa shape index (κ2) is 9.78. The van der Waals surface area contributed by atoms with E-state index in [9.17, 15) is 4.79 Å². The molecule has 31 heavy (non-hydrogen) atoms. The molecule has 0 bridgehead atoms. The molecule has 3 aromatic rings. The van der Waals surface area contributed by atoms with Crippen LogP contribution < -0.4 is 10.1 Å². The van der Waals surface area contributed by atoms with Crippen molar-refractivity contribution in [1.29, 1.82) is 0 Å². The number of hydrogen-bond acceptors (Lipinski definition) is 5. The number of nitrogens with one attached hydrogen (secondary N) is 2. The minimum Gasteiger partial charge on any atom is -0.496 e. The molecule has 1 amide bonds. The Morgan fingerprint density at radius 2 is 2.10 bits per heavy atom. The summed E-state index contributed by atoms with van der Waals surface area (Å²) in [5.74, 6) is 2.22. The molecule has 164 valence electrons. The number of likely N-dealkylation sites (tertiary alicyclic amines) is 1. The van der Waals surface area contributed by atoms with Crippen molar-refractivity contribution in [3.8, 4) is 5.75 Å². The number of aryl methyl sites for hydroxylation is 1. The predicted octanol–water partition coefficient (Wildman–Crippen LogP) is 2.54. The first-order valence-corrected chi connectivity index (χ1v) is 10.8. The molecule has 1 aliphatic rings. The van der Waals surface area contributed by atoms with Crippen LogP contribution in [0.25, 0.3) is 0 Å². The lowest BCUT2D eigenvalue weighted by molar-refractivity contribution is 0.0949. The molecule has 1 fully saturated rings. The van der Waals surface area contributed by atoms with Crippen LogP contribution >= 0.6 is 0 Å². The van der Waals surface area contributed by atoms with E-state index in [1.54, 1.807) is 18.0 Å². The van der Waals surface area contributed by atoms with Gasteiger partial charge in [-0.2, -0.15) is 5.10 Å². The summed E-state index contributed by atoms with van der Waals surface area (Å²) in [5, 5.41) is 7.62. The Morgan fingerprint density at radius 3 is 2.84 bits per heavy atom. The first-order chi connectivity index (χ1) is 15.1. The maximum atomic E-state index is 12.9. The van der Waals surface area contributed by atoms with E-state index in [1.807, 2.05) is 43.7 Å². The maximum Gasteiger partial charge on any atom is 0.255 e. The van der Waals surface area contributed by atoms with Gasteiger partial charge in [-0.05, 0) is 44.3 Å². The Labute approximate surface area is 182 Å². The molecule has 2 N–H and O–H groups in total. The zero-order chi connectivity index (χ0) is 21.6. The van der Waals surface area contributed by atoms with Crippen LogP contribution in [0.2, 0.25) is 0 Å². The number of rotatable bonds is 8. The summed E-state index contributed by atoms with van der Waals surface area (Å²) in [5.41, 5.74) is 2.49. The third-order valence-corrected chi connectivity index (χ3v) is 5.90. The van der Waals surface area contributed by atoms with Crippen molar-refractivity contribution >= 4 is 5.91 Å². The van der Waals surface area contributed by atoms with Gasteiger partial charge in [-0.3, -0.25) is 14.4 Å². The molecule has 0 radical (unpaired) electrons. The molecule has 0 aliphatic carbocycles. The molecule has 4 rings (SSSR count). The first kappa shape index (κ1) is 21.1. The van der Waals surface area contributed by atoms with E-state index in [2.05, 4.69) is 25.3 Å². The van der Waals surface area contributed by atoms with Gasteiger partial charge in [0.05, 0.1) is 24.9 Å². The van der Waals surface area contributed by atoms with Gasteiger partial charge in [0.25, 0.3) is 5.91 Å². The fraction of sp³-hybridized carbons (Fsp3) is 0.435. The number of ether oxygens (including phenoxy) is 1. The minimum absolute atomic E-state index is 0.0933. The molecule has 1 saturated heterocycles. The standard InChI is InChI=1S/C23H30N6O2/c1-28-15-19(23(30)26-14-18-5-3-4-6-21(18)31-2)20(27-28)13-17-7-11-29(12-8-17)16-22-24-9-10-25-22/h3-6,9-10,15,17H,7-8,11-14,16H2,1-2H3,(H,24,25)(H,26,30). The van der Waals surface area contributed by atoms with E-state index in [4.69, 9.17) is 4.74 Å². The molecule has 0 unspecified atom stereocenters. The van der Waals surface area contributed by atoms with E-state index in [1.165, 1.54) is 0 Å². The van der Waals surface area contributed by atoms with Gasteiger partial charge in [0, 0.05) is 37.7 Å². The lowest BCUT2D eigenvalue weighted by Gasteiger charge is -2.31. The molecule has 2 aromatic heterocycles. The number of H-pyrrole nitrogens is 1. The number of benzene rings is 1. The zero-order valence-corrected chi connectivity index (χ0v) is 18.2. The summed E-state index contributed by atoms with van der Waals surface area (Å²) in [6.45, 7) is 3.35. The van der Waals surface area contributed by atoms with Crippen LogP contribution in [-0.4, -0.2) is 50.8 Å². The first-order valence-electron chi connectivity index (χ1n) is 10.8. The Bertz CT molecular complexity index is 989. The topological polar surface area (TPSA) is 88.1 Å². The molecule has 8 heteroatoms. The van der Waals surface area contributed by atoms with Gasteiger partial charge in [0.2, 0.25) is 0 Å². The summed E-state index contributed by atoms with van der Waals surface area (Å²) in [4.78, 5) is 22.8. The molecule has 0 saturated carbocycles. The number of aromatic nitrogens is 4.